The van der Waals surface area contributed by atoms with Crippen molar-refractivity contribution in [2.24, 2.45) is 0 Å². The summed E-state index contributed by atoms with van der Waals surface area (Å²) in [6.07, 6.45) is 6.99. The molecule has 1 saturated carbocycles. The van der Waals surface area contributed by atoms with Gasteiger partial charge in [-0.25, -0.2) is 0 Å². The van der Waals surface area contributed by atoms with E-state index < -0.39 is 5.54 Å². The number of nitrogens with one attached hydrogen (secondary N) is 1. The van der Waals surface area contributed by atoms with Crippen molar-refractivity contribution in [3.05, 3.63) is 54.4 Å². The second kappa shape index (κ2) is 7.59. The lowest BCUT2D eigenvalue weighted by Crippen LogP contribution is -2.60. The Balaban J connectivity index is 1.47. The van der Waals surface area contributed by atoms with E-state index in [0.29, 0.717) is 5.92 Å². The molecule has 1 aliphatic heterocycles. The van der Waals surface area contributed by atoms with Gasteiger partial charge in [-0.15, -0.1) is 0 Å². The number of pyridine rings is 1. The molecule has 1 N–H and O–H groups in total. The van der Waals surface area contributed by atoms with Crippen molar-refractivity contribution < 1.29 is 9.53 Å². The molecule has 5 nitrogen and oxygen atoms in total. The van der Waals surface area contributed by atoms with Crippen LogP contribution < -0.4 is 10.1 Å². The van der Waals surface area contributed by atoms with E-state index in [9.17, 15) is 4.79 Å². The van der Waals surface area contributed by atoms with E-state index in [4.69, 9.17) is 4.74 Å². The number of hydrogen-bond acceptors (Lipinski definition) is 4. The third kappa shape index (κ3) is 3.64. The number of benzene rings is 1. The van der Waals surface area contributed by atoms with Crippen molar-refractivity contribution in [2.45, 2.75) is 43.6 Å². The van der Waals surface area contributed by atoms with Gasteiger partial charge in [0.2, 0.25) is 5.91 Å². The molecule has 5 heteroatoms. The predicted molar refractivity (Wildman–Crippen MR) is 106 cm³/mol. The van der Waals surface area contributed by atoms with Gasteiger partial charge in [-0.05, 0) is 49.2 Å². The quantitative estimate of drug-likeness (QED) is 0.875. The number of methoxy groups -OCH3 is 1. The van der Waals surface area contributed by atoms with Gasteiger partial charge >= 0.3 is 0 Å². The molecule has 0 radical (unpaired) electrons. The first-order valence-electron chi connectivity index (χ1n) is 9.83. The van der Waals surface area contributed by atoms with E-state index in [-0.39, 0.29) is 5.91 Å². The zero-order valence-corrected chi connectivity index (χ0v) is 15.9. The molecule has 0 bridgehead atoms. The highest BCUT2D eigenvalue weighted by Crippen LogP contribution is 2.37. The predicted octanol–water partition coefficient (Wildman–Crippen LogP) is 3.83. The summed E-state index contributed by atoms with van der Waals surface area (Å²) in [7, 11) is 1.66. The van der Waals surface area contributed by atoms with E-state index in [2.05, 4.69) is 16.4 Å². The fourth-order valence-corrected chi connectivity index (χ4v) is 4.25. The SMILES string of the molecule is COc1ccc(NC2(C(=O)N3CC(c4ccccn4)C3)CCCCC2)cc1. The maximum atomic E-state index is 13.4. The smallest absolute Gasteiger partial charge is 0.248 e. The average Bonchev–Trinajstić information content (AvgIpc) is 2.69. The van der Waals surface area contributed by atoms with Crippen LogP contribution in [-0.2, 0) is 4.79 Å². The lowest BCUT2D eigenvalue weighted by atomic mass is 9.79. The zero-order valence-electron chi connectivity index (χ0n) is 15.9. The number of likely N-dealkylation sites (tertiary alicyclic amines) is 1. The molecule has 2 fully saturated rings. The van der Waals surface area contributed by atoms with Crippen molar-refractivity contribution in [2.75, 3.05) is 25.5 Å². The molecule has 142 valence electrons. The lowest BCUT2D eigenvalue weighted by Gasteiger charge is -2.47. The molecule has 1 saturated heterocycles. The zero-order chi connectivity index (χ0) is 18.7. The molecule has 0 spiro atoms. The van der Waals surface area contributed by atoms with Gasteiger partial charge in [-0.1, -0.05) is 25.3 Å². The molecule has 1 aromatic carbocycles. The molecule has 0 unspecified atom stereocenters. The van der Waals surface area contributed by atoms with Crippen LogP contribution in [0, 0.1) is 0 Å². The highest BCUT2D eigenvalue weighted by molar-refractivity contribution is 5.90. The van der Waals surface area contributed by atoms with Crippen LogP contribution in [0.15, 0.2) is 48.7 Å². The van der Waals surface area contributed by atoms with Gasteiger partial charge < -0.3 is 15.0 Å². The van der Waals surface area contributed by atoms with Crippen LogP contribution in [0.2, 0.25) is 0 Å². The molecule has 1 aromatic heterocycles. The number of hydrogen-bond donors (Lipinski definition) is 1. The van der Waals surface area contributed by atoms with Crippen molar-refractivity contribution >= 4 is 11.6 Å². The summed E-state index contributed by atoms with van der Waals surface area (Å²) in [5, 5.41) is 3.59. The summed E-state index contributed by atoms with van der Waals surface area (Å²) in [5.74, 6) is 1.42. The number of carbonyl (C=O) groups excluding carboxylic acids is 1. The summed E-state index contributed by atoms with van der Waals surface area (Å²) < 4.78 is 5.24. The first kappa shape index (κ1) is 17.8. The van der Waals surface area contributed by atoms with E-state index in [1.807, 2.05) is 47.5 Å². The first-order chi connectivity index (χ1) is 13.2. The summed E-state index contributed by atoms with van der Waals surface area (Å²) in [6, 6.07) is 13.9. The lowest BCUT2D eigenvalue weighted by molar-refractivity contribution is -0.141. The highest BCUT2D eigenvalue weighted by atomic mass is 16.5. The molecule has 27 heavy (non-hydrogen) atoms. The molecule has 4 rings (SSSR count). The van der Waals surface area contributed by atoms with E-state index in [1.165, 1.54) is 6.42 Å². The van der Waals surface area contributed by atoms with Gasteiger partial charge in [-0.3, -0.25) is 9.78 Å². The van der Waals surface area contributed by atoms with Crippen LogP contribution in [0.4, 0.5) is 5.69 Å². The minimum Gasteiger partial charge on any atom is -0.497 e. The largest absolute Gasteiger partial charge is 0.497 e. The number of amides is 1. The first-order valence-corrected chi connectivity index (χ1v) is 9.83. The van der Waals surface area contributed by atoms with Gasteiger partial charge in [0, 0.05) is 36.6 Å². The average molecular weight is 365 g/mol. The number of carbonyl (C=O) groups is 1. The highest BCUT2D eigenvalue weighted by Gasteiger charge is 2.45. The normalized spacial score (nSPS) is 19.2. The van der Waals surface area contributed by atoms with Crippen molar-refractivity contribution in [3.8, 4) is 5.75 Å². The number of ether oxygens (including phenoxy) is 1. The Morgan fingerprint density at radius 2 is 1.85 bits per heavy atom. The molecule has 1 aliphatic carbocycles. The number of nitrogens with zero attached hydrogens (tertiary/aromatic N) is 2. The van der Waals surface area contributed by atoms with Gasteiger partial charge in [-0.2, -0.15) is 0 Å². The Morgan fingerprint density at radius 1 is 1.11 bits per heavy atom. The van der Waals surface area contributed by atoms with Crippen LogP contribution in [0.1, 0.15) is 43.7 Å². The molecular formula is C22H27N3O2. The van der Waals surface area contributed by atoms with Crippen LogP contribution in [0.5, 0.6) is 5.75 Å². The Hall–Kier alpha value is -2.56. The second-order valence-electron chi connectivity index (χ2n) is 7.66. The summed E-state index contributed by atoms with van der Waals surface area (Å²) in [4.78, 5) is 19.9. The Kier molecular flexibility index (Phi) is 5.01. The minimum absolute atomic E-state index is 0.241. The van der Waals surface area contributed by atoms with E-state index >= 15 is 0 Å². The van der Waals surface area contributed by atoms with Crippen molar-refractivity contribution in [3.63, 3.8) is 0 Å². The molecular weight excluding hydrogens is 338 g/mol. The standard InChI is InChI=1S/C22H27N3O2/c1-27-19-10-8-18(9-11-19)24-22(12-4-2-5-13-22)21(26)25-15-17(16-25)20-7-3-6-14-23-20/h3,6-11,14,17,24H,2,4-5,12-13,15-16H2,1H3. The van der Waals surface area contributed by atoms with Crippen molar-refractivity contribution in [1.82, 2.24) is 9.88 Å². The third-order valence-corrected chi connectivity index (χ3v) is 5.86. The molecule has 0 atom stereocenters. The summed E-state index contributed by atoms with van der Waals surface area (Å²) >= 11 is 0. The van der Waals surface area contributed by atoms with Crippen LogP contribution in [0.3, 0.4) is 0 Å². The Bertz CT molecular complexity index is 764. The fraction of sp³-hybridized carbons (Fsp3) is 0.455. The second-order valence-corrected chi connectivity index (χ2v) is 7.66. The van der Waals surface area contributed by atoms with Crippen molar-refractivity contribution in [1.29, 1.82) is 0 Å². The molecule has 2 heterocycles. The summed E-state index contributed by atoms with van der Waals surface area (Å²) in [5.41, 5.74) is 1.58. The van der Waals surface area contributed by atoms with E-state index in [1.54, 1.807) is 7.11 Å². The van der Waals surface area contributed by atoms with Crippen LogP contribution >= 0.6 is 0 Å². The molecule has 1 amide bonds. The number of anilines is 1. The summed E-state index contributed by atoms with van der Waals surface area (Å²) in [6.45, 7) is 1.53. The van der Waals surface area contributed by atoms with E-state index in [0.717, 1.165) is 55.9 Å². The van der Waals surface area contributed by atoms with Gasteiger partial charge in [0.05, 0.1) is 7.11 Å². The maximum Gasteiger partial charge on any atom is 0.248 e. The van der Waals surface area contributed by atoms with Gasteiger partial charge in [0.15, 0.2) is 0 Å². The fourth-order valence-electron chi connectivity index (χ4n) is 4.25. The number of rotatable bonds is 5. The Labute approximate surface area is 160 Å². The minimum atomic E-state index is -0.484. The maximum absolute atomic E-state index is 13.4. The molecule has 2 aliphatic rings. The number of aromatic nitrogens is 1. The molecule has 2 aromatic rings. The van der Waals surface area contributed by atoms with Gasteiger partial charge in [0.25, 0.3) is 0 Å². The van der Waals surface area contributed by atoms with Crippen LogP contribution in [-0.4, -0.2) is 41.5 Å². The third-order valence-electron chi connectivity index (χ3n) is 5.86. The van der Waals surface area contributed by atoms with Crippen LogP contribution in [0.25, 0.3) is 0 Å². The van der Waals surface area contributed by atoms with Gasteiger partial charge in [0.1, 0.15) is 11.3 Å². The monoisotopic (exact) mass is 365 g/mol. The topological polar surface area (TPSA) is 54.5 Å². The Morgan fingerprint density at radius 3 is 2.48 bits per heavy atom.